The van der Waals surface area contributed by atoms with Crippen LogP contribution in [0.1, 0.15) is 261 Å². The van der Waals surface area contributed by atoms with E-state index in [4.69, 9.17) is 29.3 Å². The van der Waals surface area contributed by atoms with E-state index in [-0.39, 0.29) is 91.3 Å². The maximum absolute atomic E-state index is 8.86. The van der Waals surface area contributed by atoms with E-state index in [9.17, 15) is 0 Å². The molecular weight excluding hydrogens is 1270 g/mol. The fraction of sp³-hybridized carbons (Fsp3) is 0.533. The molecule has 0 saturated carbocycles. The van der Waals surface area contributed by atoms with Crippen LogP contribution in [0.25, 0.3) is 32.3 Å². The quantitative estimate of drug-likeness (QED) is 0.0796. The summed E-state index contributed by atoms with van der Waals surface area (Å²) in [5.74, 6) is 1.31. The predicted molar refractivity (Wildman–Crippen MR) is 438 cm³/mol. The van der Waals surface area contributed by atoms with Gasteiger partial charge < -0.3 is 30.2 Å². The summed E-state index contributed by atoms with van der Waals surface area (Å²) in [6, 6.07) is 10.7. The standard InChI is InChI=1S/C32H47NOS.2C29H41NOS/c1-19-15-17-25-26(18-16-20(2)27(25)21(19)3)34-32(14,28-23(5)22(4)24(6)35-28)30(10,11)31(12,13)33-29(7,8)9;2*1-19-20(2)25(32-21(19)3)29(11,27(7,8)28(9,10)30-26(4,5)6)31-24-18-14-16-22-15-12-13-17-23(22)24/h15-18,33H,1-14H3;2*12-18,30H,1-11H3/t32-;2*29-/m111/s1/i;12D,13D,14D,15D,16D,17D,18D;12D,14D,15D,16D. The molecule has 0 saturated heterocycles. The Bertz CT molecular complexity index is 5020. The molecule has 3 aromatic heterocycles. The Morgan fingerprint density at radius 2 is 0.646 bits per heavy atom. The fourth-order valence-electron chi connectivity index (χ4n) is 14.6. The van der Waals surface area contributed by atoms with Crippen LogP contribution in [0.15, 0.2) is 109 Å². The summed E-state index contributed by atoms with van der Waals surface area (Å²) in [6.07, 6.45) is 0. The minimum Gasteiger partial charge on any atom is -0.481 e. The van der Waals surface area contributed by atoms with E-state index < -0.39 is 63.4 Å². The largest absolute Gasteiger partial charge is 0.481 e. The molecule has 6 nitrogen and oxygen atoms in total. The van der Waals surface area contributed by atoms with E-state index in [1.807, 2.05) is 25.2 Å². The third-order valence-corrected chi connectivity index (χ3v) is 27.8. The van der Waals surface area contributed by atoms with Crippen LogP contribution in [0.2, 0.25) is 0 Å². The molecule has 9 aromatic rings. The number of hydrogen-bond donors (Lipinski definition) is 3. The lowest BCUT2D eigenvalue weighted by Gasteiger charge is -2.55. The zero-order valence-electron chi connectivity index (χ0n) is 78.5. The second-order valence-electron chi connectivity index (χ2n) is 34.9. The monoisotopic (exact) mass is 1410 g/mol. The van der Waals surface area contributed by atoms with Gasteiger partial charge in [0.1, 0.15) is 34.1 Å². The number of ether oxygens (including phenoxy) is 3. The molecule has 540 valence electrons. The summed E-state index contributed by atoms with van der Waals surface area (Å²) in [5, 5.41) is 14.7. The molecule has 0 amide bonds. The molecule has 0 aliphatic heterocycles. The first-order valence-corrected chi connectivity index (χ1v) is 37.7. The normalized spacial score (nSPS) is 16.6. The van der Waals surface area contributed by atoms with Crippen molar-refractivity contribution in [1.82, 2.24) is 16.0 Å². The van der Waals surface area contributed by atoms with E-state index in [0.29, 0.717) is 11.1 Å². The number of rotatable bonds is 18. The Kier molecular flexibility index (Phi) is 18.7. The van der Waals surface area contributed by atoms with Crippen molar-refractivity contribution in [2.75, 3.05) is 0 Å². The van der Waals surface area contributed by atoms with Crippen molar-refractivity contribution < 1.29 is 29.3 Å². The lowest BCUT2D eigenvalue weighted by atomic mass is 9.62. The van der Waals surface area contributed by atoms with Gasteiger partial charge in [0.2, 0.25) is 0 Å². The highest BCUT2D eigenvalue weighted by Crippen LogP contribution is 2.58. The third-order valence-electron chi connectivity index (χ3n) is 23.2. The first kappa shape index (κ1) is 65.5. The van der Waals surface area contributed by atoms with Gasteiger partial charge >= 0.3 is 0 Å². The Morgan fingerprint density at radius 1 is 0.303 bits per heavy atom. The van der Waals surface area contributed by atoms with Crippen LogP contribution in [0.3, 0.4) is 0 Å². The van der Waals surface area contributed by atoms with Crippen molar-refractivity contribution in [2.24, 2.45) is 16.2 Å². The summed E-state index contributed by atoms with van der Waals surface area (Å²) >= 11 is 5.24. The summed E-state index contributed by atoms with van der Waals surface area (Å²) in [6.45, 7) is 78.5. The van der Waals surface area contributed by atoms with Crippen molar-refractivity contribution in [3.05, 3.63) is 188 Å². The number of benzene rings is 6. The molecule has 0 unspecified atom stereocenters. The van der Waals surface area contributed by atoms with Gasteiger partial charge in [-0.05, 0) is 292 Å². The summed E-state index contributed by atoms with van der Waals surface area (Å²) in [7, 11) is 0. The highest BCUT2D eigenvalue weighted by atomic mass is 32.1. The summed E-state index contributed by atoms with van der Waals surface area (Å²) in [5.41, 5.74) is 5.89. The number of nitrogens with one attached hydrogen (secondary N) is 3. The van der Waals surface area contributed by atoms with Crippen molar-refractivity contribution in [3.63, 3.8) is 0 Å². The van der Waals surface area contributed by atoms with Crippen LogP contribution in [0, 0.1) is 99.3 Å². The van der Waals surface area contributed by atoms with Gasteiger partial charge in [-0.3, -0.25) is 0 Å². The minimum atomic E-state index is -1.11. The predicted octanol–water partition coefficient (Wildman–Crippen LogP) is 25.9. The number of hydrogen-bond acceptors (Lipinski definition) is 9. The first-order valence-electron chi connectivity index (χ1n) is 40.8. The molecule has 3 N–H and O–H groups in total. The molecule has 9 heteroatoms. The average molecular weight is 1410 g/mol. The van der Waals surface area contributed by atoms with Crippen LogP contribution in [-0.2, 0) is 16.8 Å². The first-order chi connectivity index (χ1) is 49.6. The van der Waals surface area contributed by atoms with Gasteiger partial charge in [0, 0.05) is 80.3 Å². The maximum Gasteiger partial charge on any atom is 0.147 e. The average Bonchev–Trinajstić information content (AvgIpc) is 1.19. The molecule has 0 fully saturated rings. The minimum absolute atomic E-state index is 0.0147. The van der Waals surface area contributed by atoms with Gasteiger partial charge in [-0.15, -0.1) is 34.0 Å². The zero-order valence-corrected chi connectivity index (χ0v) is 69.9. The fourth-order valence-corrected chi connectivity index (χ4v) is 18.8. The highest BCUT2D eigenvalue weighted by molar-refractivity contribution is 7.13. The Balaban J connectivity index is 0.000000230. The summed E-state index contributed by atoms with van der Waals surface area (Å²) in [4.78, 5) is 7.14. The topological polar surface area (TPSA) is 63.8 Å². The van der Waals surface area contributed by atoms with Crippen LogP contribution in [0.5, 0.6) is 17.2 Å². The van der Waals surface area contributed by atoms with Crippen LogP contribution < -0.4 is 30.2 Å². The molecule has 99 heavy (non-hydrogen) atoms. The lowest BCUT2D eigenvalue weighted by molar-refractivity contribution is -0.0829. The van der Waals surface area contributed by atoms with E-state index in [2.05, 4.69) is 276 Å². The highest BCUT2D eigenvalue weighted by Gasteiger charge is 2.59. The smallest absolute Gasteiger partial charge is 0.147 e. The number of thiophene rings is 3. The van der Waals surface area contributed by atoms with E-state index in [1.54, 1.807) is 40.9 Å². The molecular formula is C90H129N3O3S3. The Morgan fingerprint density at radius 3 is 1.04 bits per heavy atom. The second kappa shape index (κ2) is 28.3. The molecule has 3 heterocycles. The third kappa shape index (κ3) is 15.7. The van der Waals surface area contributed by atoms with Crippen molar-refractivity contribution >= 4 is 66.3 Å². The maximum atomic E-state index is 8.86. The Hall–Kier alpha value is -5.52. The molecule has 3 atom stereocenters. The summed E-state index contributed by atoms with van der Waals surface area (Å²) < 4.78 is 114. The van der Waals surface area contributed by atoms with E-state index in [0.717, 1.165) is 31.5 Å². The van der Waals surface area contributed by atoms with Crippen molar-refractivity contribution in [3.8, 4) is 17.2 Å². The van der Waals surface area contributed by atoms with Gasteiger partial charge in [0.05, 0.1) is 29.7 Å². The Labute approximate surface area is 629 Å². The van der Waals surface area contributed by atoms with Crippen LogP contribution in [-0.4, -0.2) is 33.2 Å². The van der Waals surface area contributed by atoms with Gasteiger partial charge in [0.25, 0.3) is 0 Å². The van der Waals surface area contributed by atoms with Gasteiger partial charge in [-0.1, -0.05) is 132 Å². The van der Waals surface area contributed by atoms with Gasteiger partial charge in [-0.25, -0.2) is 0 Å². The van der Waals surface area contributed by atoms with Crippen LogP contribution >= 0.6 is 34.0 Å². The molecule has 0 spiro atoms. The molecule has 0 radical (unpaired) electrons. The van der Waals surface area contributed by atoms with E-state index in [1.165, 1.54) is 64.3 Å². The molecule has 0 aliphatic carbocycles. The number of aryl methyl sites for hydroxylation is 6. The molecule has 0 aliphatic rings. The lowest BCUT2D eigenvalue weighted by Crippen LogP contribution is -2.65. The van der Waals surface area contributed by atoms with Gasteiger partial charge in [-0.2, -0.15) is 0 Å². The number of fused-ring (bicyclic) bond motifs is 3. The SMILES string of the molecule is Cc1ccc2c(O[C@](C)(c3sc(C)c(C)c3C)C(C)(C)C(C)(C)NC(C)(C)C)ccc(C)c2c1C.[2H]c1c([2H])c([2H])c2c(O[C@](C)(c3sc(C)c(C)c3C)C(C)(C)C(C)(C)NC(C)(C)C)c([2H])c([2H])c([2H])c2c1[2H].[2H]c1ccc2c(O[C@](C)(c3sc(C)c(C)c3C)C(C)(C)C(C)(C)NC(C)(C)C)cc([2H])c([2H])c2c1[2H]. The second-order valence-corrected chi connectivity index (χ2v) is 38.6. The van der Waals surface area contributed by atoms with Crippen molar-refractivity contribution in [2.45, 2.75) is 299 Å². The van der Waals surface area contributed by atoms with Crippen LogP contribution in [0.4, 0.5) is 0 Å². The molecule has 6 aromatic carbocycles. The van der Waals surface area contributed by atoms with Gasteiger partial charge in [0.15, 0.2) is 0 Å². The van der Waals surface area contributed by atoms with Crippen molar-refractivity contribution in [1.29, 1.82) is 0 Å². The molecule has 0 bridgehead atoms. The molecule has 9 rings (SSSR count). The van der Waals surface area contributed by atoms with E-state index >= 15 is 0 Å². The zero-order chi connectivity index (χ0) is 84.5.